The molecule has 1 aliphatic rings. The lowest BCUT2D eigenvalue weighted by atomic mass is 10.2. The van der Waals surface area contributed by atoms with Crippen LogP contribution in [0.15, 0.2) is 52.9 Å². The molecule has 3 aromatic rings. The largest absolute Gasteiger partial charge is 0.494 e. The number of hydrogen-bond acceptors (Lipinski definition) is 7. The van der Waals surface area contributed by atoms with Crippen molar-refractivity contribution >= 4 is 23.1 Å². The number of hydrogen-bond donors (Lipinski definition) is 0. The van der Waals surface area contributed by atoms with Crippen LogP contribution >= 0.6 is 0 Å². The zero-order valence-electron chi connectivity index (χ0n) is 17.3. The van der Waals surface area contributed by atoms with Gasteiger partial charge in [-0.25, -0.2) is 4.79 Å². The summed E-state index contributed by atoms with van der Waals surface area (Å²) in [4.78, 5) is 20.9. The number of fused-ring (bicyclic) bond motifs is 1. The smallest absolute Gasteiger partial charge is 0.338 e. The van der Waals surface area contributed by atoms with E-state index in [2.05, 4.69) is 14.8 Å². The van der Waals surface area contributed by atoms with E-state index in [4.69, 9.17) is 13.9 Å². The Morgan fingerprint density at radius 2 is 1.83 bits per heavy atom. The lowest BCUT2D eigenvalue weighted by molar-refractivity contribution is 0.0526. The Morgan fingerprint density at radius 1 is 1.07 bits per heavy atom. The number of carbonyl (C=O) groups is 1. The zero-order chi connectivity index (χ0) is 20.8. The summed E-state index contributed by atoms with van der Waals surface area (Å²) in [6, 6.07) is 15.7. The van der Waals surface area contributed by atoms with Gasteiger partial charge >= 0.3 is 5.97 Å². The van der Waals surface area contributed by atoms with Crippen molar-refractivity contribution in [1.82, 2.24) is 9.88 Å². The van der Waals surface area contributed by atoms with E-state index >= 15 is 0 Å². The van der Waals surface area contributed by atoms with Gasteiger partial charge in [-0.1, -0.05) is 12.1 Å². The maximum Gasteiger partial charge on any atom is 0.338 e. The van der Waals surface area contributed by atoms with Gasteiger partial charge in [0.05, 0.1) is 18.8 Å². The van der Waals surface area contributed by atoms with Crippen molar-refractivity contribution in [1.29, 1.82) is 0 Å². The molecule has 4 rings (SSSR count). The Balaban J connectivity index is 1.17. The van der Waals surface area contributed by atoms with Crippen molar-refractivity contribution < 1.29 is 18.7 Å². The highest BCUT2D eigenvalue weighted by Gasteiger charge is 2.20. The van der Waals surface area contributed by atoms with Crippen molar-refractivity contribution in [3.8, 4) is 5.75 Å². The number of rotatable bonds is 8. The normalized spacial score (nSPS) is 14.8. The molecule has 0 saturated carbocycles. The monoisotopic (exact) mass is 409 g/mol. The SMILES string of the molecule is CCOC(=O)c1ccc(OCCCN2CCN(c3nc4ccccc4o3)CC2)cc1. The summed E-state index contributed by atoms with van der Waals surface area (Å²) in [6.45, 7) is 7.57. The van der Waals surface area contributed by atoms with Crippen LogP contribution in [0.5, 0.6) is 5.75 Å². The molecule has 0 atom stereocenters. The molecule has 7 heteroatoms. The highest BCUT2D eigenvalue weighted by molar-refractivity contribution is 5.89. The summed E-state index contributed by atoms with van der Waals surface area (Å²) in [5, 5.41) is 0. The molecule has 1 aliphatic heterocycles. The summed E-state index contributed by atoms with van der Waals surface area (Å²) in [5.74, 6) is 0.463. The summed E-state index contributed by atoms with van der Waals surface area (Å²) in [7, 11) is 0. The fourth-order valence-electron chi connectivity index (χ4n) is 3.54. The van der Waals surface area contributed by atoms with Gasteiger partial charge in [-0.15, -0.1) is 0 Å². The van der Waals surface area contributed by atoms with Crippen molar-refractivity contribution in [2.24, 2.45) is 0 Å². The molecule has 2 aromatic carbocycles. The Morgan fingerprint density at radius 3 is 2.57 bits per heavy atom. The standard InChI is InChI=1S/C23H27N3O4/c1-2-28-22(27)18-8-10-19(11-9-18)29-17-5-12-25-13-15-26(16-14-25)23-24-20-6-3-4-7-21(20)30-23/h3-4,6-11H,2,5,12-17H2,1H3. The van der Waals surface area contributed by atoms with E-state index < -0.39 is 0 Å². The Kier molecular flexibility index (Phi) is 6.49. The number of para-hydroxylation sites is 2. The summed E-state index contributed by atoms with van der Waals surface area (Å²) < 4.78 is 16.7. The first-order chi connectivity index (χ1) is 14.7. The van der Waals surface area contributed by atoms with E-state index in [-0.39, 0.29) is 5.97 Å². The lowest BCUT2D eigenvalue weighted by Crippen LogP contribution is -2.46. The van der Waals surface area contributed by atoms with Crippen molar-refractivity contribution in [3.63, 3.8) is 0 Å². The molecule has 0 bridgehead atoms. The van der Waals surface area contributed by atoms with Crippen molar-refractivity contribution in [2.45, 2.75) is 13.3 Å². The van der Waals surface area contributed by atoms with Gasteiger partial charge < -0.3 is 18.8 Å². The number of nitrogens with zero attached hydrogens (tertiary/aromatic N) is 3. The number of benzene rings is 2. The first-order valence-electron chi connectivity index (χ1n) is 10.5. The summed E-state index contributed by atoms with van der Waals surface area (Å²) in [6.07, 6.45) is 0.947. The number of oxazole rings is 1. The van der Waals surface area contributed by atoms with Crippen molar-refractivity contribution in [2.75, 3.05) is 50.8 Å². The number of anilines is 1. The van der Waals surface area contributed by atoms with Crippen LogP contribution in [-0.2, 0) is 4.74 Å². The molecule has 1 fully saturated rings. The number of esters is 1. The molecule has 1 saturated heterocycles. The quantitative estimate of drug-likeness (QED) is 0.416. The minimum Gasteiger partial charge on any atom is -0.494 e. The molecule has 7 nitrogen and oxygen atoms in total. The van der Waals surface area contributed by atoms with Crippen LogP contribution in [0, 0.1) is 0 Å². The van der Waals surface area contributed by atoms with Gasteiger partial charge in [-0.05, 0) is 49.7 Å². The second kappa shape index (κ2) is 9.63. The van der Waals surface area contributed by atoms with Crippen LogP contribution in [0.4, 0.5) is 6.01 Å². The number of carbonyl (C=O) groups excluding carboxylic acids is 1. The van der Waals surface area contributed by atoms with Crippen LogP contribution in [0.2, 0.25) is 0 Å². The second-order valence-electron chi connectivity index (χ2n) is 7.24. The highest BCUT2D eigenvalue weighted by atomic mass is 16.5. The van der Waals surface area contributed by atoms with Gasteiger partial charge in [-0.3, -0.25) is 4.90 Å². The Labute approximate surface area is 176 Å². The fraction of sp³-hybridized carbons (Fsp3) is 0.391. The fourth-order valence-corrected chi connectivity index (χ4v) is 3.54. The molecule has 30 heavy (non-hydrogen) atoms. The average molecular weight is 409 g/mol. The molecule has 2 heterocycles. The number of piperazine rings is 1. The lowest BCUT2D eigenvalue weighted by Gasteiger charge is -2.33. The molecule has 1 aromatic heterocycles. The van der Waals surface area contributed by atoms with Crippen LogP contribution in [0.25, 0.3) is 11.1 Å². The molecular weight excluding hydrogens is 382 g/mol. The topological polar surface area (TPSA) is 68.0 Å². The Bertz CT molecular complexity index is 929. The van der Waals surface area contributed by atoms with E-state index in [1.165, 1.54) is 0 Å². The van der Waals surface area contributed by atoms with Crippen LogP contribution in [0.3, 0.4) is 0 Å². The molecule has 0 N–H and O–H groups in total. The van der Waals surface area contributed by atoms with Gasteiger partial charge in [0.25, 0.3) is 6.01 Å². The molecule has 0 amide bonds. The molecular formula is C23H27N3O4. The maximum atomic E-state index is 11.7. The maximum absolute atomic E-state index is 11.7. The third kappa shape index (κ3) is 4.91. The predicted molar refractivity (Wildman–Crippen MR) is 115 cm³/mol. The first-order valence-corrected chi connectivity index (χ1v) is 10.5. The van der Waals surface area contributed by atoms with E-state index in [1.54, 1.807) is 19.1 Å². The van der Waals surface area contributed by atoms with Crippen LogP contribution in [0.1, 0.15) is 23.7 Å². The van der Waals surface area contributed by atoms with E-state index in [0.717, 1.165) is 56.0 Å². The number of aromatic nitrogens is 1. The van der Waals surface area contributed by atoms with Crippen molar-refractivity contribution in [3.05, 3.63) is 54.1 Å². The second-order valence-corrected chi connectivity index (χ2v) is 7.24. The average Bonchev–Trinajstić information content (AvgIpc) is 3.22. The minimum absolute atomic E-state index is 0.305. The van der Waals surface area contributed by atoms with E-state index in [0.29, 0.717) is 24.8 Å². The van der Waals surface area contributed by atoms with E-state index in [1.807, 2.05) is 36.4 Å². The highest BCUT2D eigenvalue weighted by Crippen LogP contribution is 2.22. The van der Waals surface area contributed by atoms with Crippen LogP contribution < -0.4 is 9.64 Å². The Hall–Kier alpha value is -3.06. The first kappa shape index (κ1) is 20.2. The van der Waals surface area contributed by atoms with Gasteiger partial charge in [0.1, 0.15) is 11.3 Å². The molecule has 0 unspecified atom stereocenters. The van der Waals surface area contributed by atoms with Crippen LogP contribution in [-0.4, -0.2) is 61.8 Å². The van der Waals surface area contributed by atoms with E-state index in [9.17, 15) is 4.79 Å². The van der Waals surface area contributed by atoms with Gasteiger partial charge in [0.15, 0.2) is 5.58 Å². The molecule has 0 radical (unpaired) electrons. The molecule has 158 valence electrons. The molecule has 0 spiro atoms. The zero-order valence-corrected chi connectivity index (χ0v) is 17.3. The van der Waals surface area contributed by atoms with Gasteiger partial charge in [0, 0.05) is 32.7 Å². The predicted octanol–water partition coefficient (Wildman–Crippen LogP) is 3.60. The minimum atomic E-state index is -0.305. The third-order valence-electron chi connectivity index (χ3n) is 5.18. The van der Waals surface area contributed by atoms with Gasteiger partial charge in [0.2, 0.25) is 0 Å². The summed E-state index contributed by atoms with van der Waals surface area (Å²) >= 11 is 0. The summed E-state index contributed by atoms with van der Waals surface area (Å²) in [5.41, 5.74) is 2.28. The number of ether oxygens (including phenoxy) is 2. The third-order valence-corrected chi connectivity index (χ3v) is 5.18. The molecule has 0 aliphatic carbocycles. The van der Waals surface area contributed by atoms with Gasteiger partial charge in [-0.2, -0.15) is 4.98 Å².